The Bertz CT molecular complexity index is 1150. The highest BCUT2D eigenvalue weighted by Crippen LogP contribution is 2.39. The van der Waals surface area contributed by atoms with E-state index in [1.54, 1.807) is 16.9 Å². The lowest BCUT2D eigenvalue weighted by Crippen LogP contribution is -2.55. The van der Waals surface area contributed by atoms with Crippen LogP contribution in [-0.4, -0.2) is 56.4 Å². The molecule has 2 fully saturated rings. The molecule has 2 atom stereocenters. The number of nitrogens with one attached hydrogen (secondary N) is 1. The molecule has 5 heterocycles. The predicted octanol–water partition coefficient (Wildman–Crippen LogP) is 3.51. The summed E-state index contributed by atoms with van der Waals surface area (Å²) < 4.78 is 7.86. The first-order valence-corrected chi connectivity index (χ1v) is 12.0. The summed E-state index contributed by atoms with van der Waals surface area (Å²) in [5.74, 6) is 1.77. The maximum atomic E-state index is 10.8. The molecule has 0 saturated carbocycles. The van der Waals surface area contributed by atoms with Crippen molar-refractivity contribution in [3.8, 4) is 33.9 Å². The van der Waals surface area contributed by atoms with Crippen LogP contribution in [0.1, 0.15) is 38.5 Å². The van der Waals surface area contributed by atoms with Gasteiger partial charge in [0.1, 0.15) is 11.4 Å². The Labute approximate surface area is 193 Å². The van der Waals surface area contributed by atoms with Gasteiger partial charge in [-0.2, -0.15) is 5.10 Å². The molecule has 0 aliphatic carbocycles. The topological polar surface area (TPSA) is 88.3 Å². The zero-order valence-electron chi connectivity index (χ0n) is 18.9. The van der Waals surface area contributed by atoms with E-state index < -0.39 is 0 Å². The third kappa shape index (κ3) is 3.93. The summed E-state index contributed by atoms with van der Waals surface area (Å²) in [5, 5.41) is 27.9. The van der Waals surface area contributed by atoms with Gasteiger partial charge in [-0.25, -0.2) is 0 Å². The third-order valence-corrected chi connectivity index (χ3v) is 7.26. The van der Waals surface area contributed by atoms with Crippen molar-refractivity contribution in [2.24, 2.45) is 7.05 Å². The van der Waals surface area contributed by atoms with Crippen molar-refractivity contribution in [1.29, 1.82) is 0 Å². The lowest BCUT2D eigenvalue weighted by molar-refractivity contribution is 0.216. The number of phenolic OH excluding ortho intramolecular Hbond substituents is 1. The van der Waals surface area contributed by atoms with Crippen LogP contribution in [0.25, 0.3) is 22.4 Å². The normalized spacial score (nSPS) is 24.6. The minimum Gasteiger partial charge on any atom is -0.507 e. The Morgan fingerprint density at radius 1 is 1.06 bits per heavy atom. The molecule has 8 nitrogen and oxygen atoms in total. The van der Waals surface area contributed by atoms with Crippen LogP contribution in [0.3, 0.4) is 0 Å². The maximum Gasteiger partial charge on any atom is 0.194 e. The molecule has 0 spiro atoms. The lowest BCUT2D eigenvalue weighted by atomic mass is 9.83. The number of ether oxygens (including phenoxy) is 1. The van der Waals surface area contributed by atoms with Crippen LogP contribution in [0.15, 0.2) is 36.7 Å². The summed E-state index contributed by atoms with van der Waals surface area (Å²) in [5.41, 5.74) is 3.13. The number of anilines is 1. The second-order valence-electron chi connectivity index (χ2n) is 9.56. The van der Waals surface area contributed by atoms with E-state index in [9.17, 15) is 5.11 Å². The second-order valence-corrected chi connectivity index (χ2v) is 9.56. The SMILES string of the molecule is Cn1cc(-c2ccc(-c3cc4c(nn3)N(C3CC5CCCC(C3)N5)CCCO4)c(O)c2)cn1. The summed E-state index contributed by atoms with van der Waals surface area (Å²) >= 11 is 0. The fourth-order valence-corrected chi connectivity index (χ4v) is 5.67. The highest BCUT2D eigenvalue weighted by atomic mass is 16.5. The number of phenols is 1. The molecule has 0 radical (unpaired) electrons. The largest absolute Gasteiger partial charge is 0.507 e. The molecule has 33 heavy (non-hydrogen) atoms. The third-order valence-electron chi connectivity index (χ3n) is 7.26. The van der Waals surface area contributed by atoms with Crippen LogP contribution in [0.4, 0.5) is 5.82 Å². The minimum absolute atomic E-state index is 0.169. The number of fused-ring (bicyclic) bond motifs is 3. The Morgan fingerprint density at radius 2 is 1.91 bits per heavy atom. The van der Waals surface area contributed by atoms with Gasteiger partial charge in [0.05, 0.1) is 12.8 Å². The molecule has 2 N–H and O–H groups in total. The monoisotopic (exact) mass is 446 g/mol. The van der Waals surface area contributed by atoms with E-state index in [4.69, 9.17) is 4.74 Å². The Hall–Kier alpha value is -3.13. The van der Waals surface area contributed by atoms with Gasteiger partial charge in [-0.05, 0) is 49.8 Å². The summed E-state index contributed by atoms with van der Waals surface area (Å²) in [6.07, 6.45) is 10.8. The van der Waals surface area contributed by atoms with Crippen molar-refractivity contribution in [2.45, 2.75) is 56.7 Å². The molecule has 172 valence electrons. The predicted molar refractivity (Wildman–Crippen MR) is 126 cm³/mol. The fourth-order valence-electron chi connectivity index (χ4n) is 5.67. The zero-order chi connectivity index (χ0) is 22.4. The van der Waals surface area contributed by atoms with Gasteiger partial charge in [0.2, 0.25) is 0 Å². The van der Waals surface area contributed by atoms with Gasteiger partial charge >= 0.3 is 0 Å². The number of piperidine rings is 2. The number of benzene rings is 1. The average molecular weight is 447 g/mol. The summed E-state index contributed by atoms with van der Waals surface area (Å²) in [6.45, 7) is 1.61. The Balaban J connectivity index is 1.30. The molecule has 2 bridgehead atoms. The van der Waals surface area contributed by atoms with E-state index in [1.165, 1.54) is 19.3 Å². The van der Waals surface area contributed by atoms with Crippen LogP contribution in [-0.2, 0) is 7.05 Å². The molecule has 0 amide bonds. The van der Waals surface area contributed by atoms with Gasteiger partial charge in [-0.15, -0.1) is 10.2 Å². The van der Waals surface area contributed by atoms with Crippen molar-refractivity contribution in [1.82, 2.24) is 25.3 Å². The van der Waals surface area contributed by atoms with E-state index in [2.05, 4.69) is 25.5 Å². The molecular weight excluding hydrogens is 416 g/mol. The van der Waals surface area contributed by atoms with Crippen molar-refractivity contribution < 1.29 is 9.84 Å². The van der Waals surface area contributed by atoms with Gasteiger partial charge in [0.15, 0.2) is 11.6 Å². The van der Waals surface area contributed by atoms with Crippen LogP contribution >= 0.6 is 0 Å². The van der Waals surface area contributed by atoms with E-state index in [-0.39, 0.29) is 5.75 Å². The van der Waals surface area contributed by atoms with Crippen LogP contribution in [0.5, 0.6) is 11.5 Å². The number of rotatable bonds is 3. The van der Waals surface area contributed by atoms with Crippen LogP contribution in [0.2, 0.25) is 0 Å². The van der Waals surface area contributed by atoms with E-state index in [0.29, 0.717) is 36.0 Å². The molecule has 2 aromatic heterocycles. The lowest BCUT2D eigenvalue weighted by Gasteiger charge is -2.44. The molecule has 3 aromatic rings. The molecule has 1 aromatic carbocycles. The summed E-state index contributed by atoms with van der Waals surface area (Å²) in [7, 11) is 1.88. The Kier molecular flexibility index (Phi) is 5.17. The highest BCUT2D eigenvalue weighted by Gasteiger charge is 2.36. The first-order chi connectivity index (χ1) is 16.1. The number of aryl methyl sites for hydroxylation is 1. The number of aromatic hydroxyl groups is 1. The van der Waals surface area contributed by atoms with E-state index in [0.717, 1.165) is 48.5 Å². The van der Waals surface area contributed by atoms with Gasteiger partial charge in [-0.1, -0.05) is 12.5 Å². The summed E-state index contributed by atoms with van der Waals surface area (Å²) in [6, 6.07) is 9.23. The Morgan fingerprint density at radius 3 is 2.67 bits per heavy atom. The molecule has 3 aliphatic rings. The molecule has 6 rings (SSSR count). The minimum atomic E-state index is 0.169. The van der Waals surface area contributed by atoms with Crippen molar-refractivity contribution in [2.75, 3.05) is 18.1 Å². The van der Waals surface area contributed by atoms with Crippen molar-refractivity contribution in [3.63, 3.8) is 0 Å². The fraction of sp³-hybridized carbons (Fsp3) is 0.480. The molecular formula is C25H30N6O2. The van der Waals surface area contributed by atoms with Crippen molar-refractivity contribution in [3.05, 3.63) is 36.7 Å². The summed E-state index contributed by atoms with van der Waals surface area (Å²) in [4.78, 5) is 2.43. The molecule has 8 heteroatoms. The number of hydrogen-bond acceptors (Lipinski definition) is 7. The van der Waals surface area contributed by atoms with E-state index in [1.807, 2.05) is 31.4 Å². The molecule has 2 saturated heterocycles. The van der Waals surface area contributed by atoms with Gasteiger partial charge in [0.25, 0.3) is 0 Å². The number of hydrogen-bond donors (Lipinski definition) is 2. The number of aromatic nitrogens is 4. The average Bonchev–Trinajstić information content (AvgIpc) is 3.14. The maximum absolute atomic E-state index is 10.8. The van der Waals surface area contributed by atoms with Gasteiger partial charge in [-0.3, -0.25) is 4.68 Å². The van der Waals surface area contributed by atoms with E-state index >= 15 is 0 Å². The van der Waals surface area contributed by atoms with Gasteiger partial charge in [0, 0.05) is 55.1 Å². The first-order valence-electron chi connectivity index (χ1n) is 12.0. The van der Waals surface area contributed by atoms with Crippen LogP contribution in [0, 0.1) is 0 Å². The number of nitrogens with zero attached hydrogens (tertiary/aromatic N) is 5. The second kappa shape index (κ2) is 8.33. The standard InChI is InChI=1S/C25H30N6O2/c1-30-15-17(14-26-30)16-6-7-21(23(32)10-16)22-13-24-25(29-28-22)31(8-3-9-33-24)20-11-18-4-2-5-19(12-20)27-18/h6-7,10,13-15,18-20,27,32H,2-5,8-9,11-12H2,1H3. The smallest absolute Gasteiger partial charge is 0.194 e. The zero-order valence-corrected chi connectivity index (χ0v) is 18.9. The highest BCUT2D eigenvalue weighted by molar-refractivity contribution is 5.75. The van der Waals surface area contributed by atoms with Crippen LogP contribution < -0.4 is 15.0 Å². The van der Waals surface area contributed by atoms with Crippen molar-refractivity contribution >= 4 is 5.82 Å². The quantitative estimate of drug-likeness (QED) is 0.636. The molecule has 3 aliphatic heterocycles. The molecule has 2 unspecified atom stereocenters. The van der Waals surface area contributed by atoms with Gasteiger partial charge < -0.3 is 20.1 Å². The first kappa shape index (κ1) is 20.5.